The summed E-state index contributed by atoms with van der Waals surface area (Å²) in [4.78, 5) is 2.78. The Bertz CT molecular complexity index is 3540. The number of anilines is 3. The Balaban J connectivity index is 1.24. The number of benzene rings is 10. The number of nitrogens with zero attached hydrogens (tertiary/aromatic N) is 2. The molecule has 4 heterocycles. The number of fused-ring (bicyclic) bond motifs is 3. The van der Waals surface area contributed by atoms with E-state index in [0.717, 1.165) is 0 Å². The van der Waals surface area contributed by atoms with Crippen molar-refractivity contribution in [3.8, 4) is 5.69 Å². The molecule has 0 N–H and O–H groups in total. The Labute approximate surface area is 381 Å². The van der Waals surface area contributed by atoms with Crippen LogP contribution >= 0.6 is 0 Å². The minimum Gasteiger partial charge on any atom is -0.312 e. The molecular weight excluding hydrogens is 816 g/mol. The summed E-state index contributed by atoms with van der Waals surface area (Å²) in [7, 11) is -6.15. The van der Waals surface area contributed by atoms with Gasteiger partial charge in [0.05, 0.1) is 11.0 Å². The van der Waals surface area contributed by atoms with Crippen molar-refractivity contribution in [2.75, 3.05) is 4.90 Å². The van der Waals surface area contributed by atoms with Crippen LogP contribution in [0.5, 0.6) is 0 Å². The lowest BCUT2D eigenvalue weighted by Crippen LogP contribution is -2.84. The fraction of sp³-hybridized carbons (Fsp3) is 0. The summed E-state index contributed by atoms with van der Waals surface area (Å²) in [5.74, 6) is 0. The van der Waals surface area contributed by atoms with Gasteiger partial charge in [-0.15, -0.1) is 0 Å². The normalized spacial score (nSPS) is 14.6. The number of hydrogen-bond donors (Lipinski definition) is 0. The monoisotopic (exact) mass is 856 g/mol. The molecule has 0 unspecified atom stereocenters. The molecule has 11 aromatic rings. The molecule has 3 aliphatic rings. The van der Waals surface area contributed by atoms with E-state index in [0.29, 0.717) is 0 Å². The second-order valence-electron chi connectivity index (χ2n) is 17.9. The van der Waals surface area contributed by atoms with Gasteiger partial charge in [-0.1, -0.05) is 230 Å². The molecule has 302 valence electrons. The molecule has 0 radical (unpaired) electrons. The van der Waals surface area contributed by atoms with Gasteiger partial charge >= 0.3 is 0 Å². The fourth-order valence-electron chi connectivity index (χ4n) is 12.6. The standard InChI is InChI=1S/C60H41BN2Si2/c1-6-22-42(23-7-1)61-50-34-20-37-54-58(50)63-59-51(61)40-43(62-52-35-18-16-32-48(52)49-33-17-19-36-53(49)62)41-57(59)65(46-28-12-4-13-29-46,47-30-14-5-15-31-47)56-39-21-38-55(60(56)63)64(54,44-24-8-2-9-25-44)45-26-10-3-11-27-45/h1-41H. The molecule has 0 fully saturated rings. The van der Waals surface area contributed by atoms with E-state index in [1.807, 2.05) is 0 Å². The maximum Gasteiger partial charge on any atom is 0.246 e. The third-order valence-electron chi connectivity index (χ3n) is 14.9. The van der Waals surface area contributed by atoms with Crippen molar-refractivity contribution in [2.45, 2.75) is 0 Å². The third-order valence-corrected chi connectivity index (χ3v) is 24.6. The minimum absolute atomic E-state index is 0.0208. The zero-order valence-corrected chi connectivity index (χ0v) is 37.6. The van der Waals surface area contributed by atoms with Gasteiger partial charge in [-0.2, -0.15) is 0 Å². The van der Waals surface area contributed by atoms with Crippen LogP contribution in [0, 0.1) is 0 Å². The largest absolute Gasteiger partial charge is 0.312 e. The van der Waals surface area contributed by atoms with E-state index in [9.17, 15) is 0 Å². The van der Waals surface area contributed by atoms with Gasteiger partial charge < -0.3 is 9.47 Å². The predicted molar refractivity (Wildman–Crippen MR) is 281 cm³/mol. The first-order valence-corrected chi connectivity index (χ1v) is 26.8. The molecule has 10 aromatic carbocycles. The highest BCUT2D eigenvalue weighted by Crippen LogP contribution is 2.43. The molecule has 0 saturated carbocycles. The average Bonchev–Trinajstić information content (AvgIpc) is 3.72. The van der Waals surface area contributed by atoms with E-state index < -0.39 is 16.1 Å². The average molecular weight is 857 g/mol. The van der Waals surface area contributed by atoms with Crippen LogP contribution in [0.15, 0.2) is 249 Å². The van der Waals surface area contributed by atoms with Crippen LogP contribution in [-0.2, 0) is 0 Å². The van der Waals surface area contributed by atoms with E-state index in [1.165, 1.54) is 102 Å². The topological polar surface area (TPSA) is 8.17 Å². The molecule has 65 heavy (non-hydrogen) atoms. The van der Waals surface area contributed by atoms with Gasteiger partial charge in [-0.25, -0.2) is 0 Å². The molecule has 14 rings (SSSR count). The van der Waals surface area contributed by atoms with E-state index in [2.05, 4.69) is 258 Å². The predicted octanol–water partition coefficient (Wildman–Crippen LogP) is 6.46. The summed E-state index contributed by atoms with van der Waals surface area (Å²) in [6.45, 7) is -0.0208. The Morgan fingerprint density at radius 1 is 0.308 bits per heavy atom. The Morgan fingerprint density at radius 3 is 1.22 bits per heavy atom. The summed E-state index contributed by atoms with van der Waals surface area (Å²) in [5.41, 5.74) is 11.8. The molecule has 5 heteroatoms. The van der Waals surface area contributed by atoms with Gasteiger partial charge in [0.25, 0.3) is 0 Å². The van der Waals surface area contributed by atoms with Crippen LogP contribution < -0.4 is 62.8 Å². The molecule has 1 aromatic heterocycles. The van der Waals surface area contributed by atoms with Crippen molar-refractivity contribution in [1.82, 2.24) is 4.57 Å². The second-order valence-corrected chi connectivity index (χ2v) is 25.4. The third kappa shape index (κ3) is 4.78. The lowest BCUT2D eigenvalue weighted by molar-refractivity contribution is 1.18. The van der Waals surface area contributed by atoms with Crippen molar-refractivity contribution in [1.29, 1.82) is 0 Å². The van der Waals surface area contributed by atoms with Gasteiger partial charge in [-0.05, 0) is 76.7 Å². The Morgan fingerprint density at radius 2 is 0.708 bits per heavy atom. The van der Waals surface area contributed by atoms with Gasteiger partial charge in [-0.3, -0.25) is 0 Å². The van der Waals surface area contributed by atoms with E-state index in [1.54, 1.807) is 0 Å². The van der Waals surface area contributed by atoms with Crippen LogP contribution in [0.25, 0.3) is 27.5 Å². The van der Waals surface area contributed by atoms with Crippen molar-refractivity contribution in [3.05, 3.63) is 249 Å². The molecule has 0 spiro atoms. The van der Waals surface area contributed by atoms with Crippen molar-refractivity contribution >= 4 is 120 Å². The molecule has 2 nitrogen and oxygen atoms in total. The lowest BCUT2D eigenvalue weighted by Gasteiger charge is -2.55. The highest BCUT2D eigenvalue weighted by molar-refractivity contribution is 7.25. The van der Waals surface area contributed by atoms with E-state index in [-0.39, 0.29) is 6.71 Å². The van der Waals surface area contributed by atoms with Crippen LogP contribution in [-0.4, -0.2) is 27.4 Å². The zero-order chi connectivity index (χ0) is 42.7. The Kier molecular flexibility index (Phi) is 7.86. The number of para-hydroxylation sites is 4. The smallest absolute Gasteiger partial charge is 0.246 e. The highest BCUT2D eigenvalue weighted by atomic mass is 28.3. The SMILES string of the molecule is c1ccc(B2c3cccc4c3N3c5c2cc(-n2c6ccccc6c6ccccc62)cc5[Si](c2ccccc2)(c2ccccc2)c2cccc(c23)[Si]4(c2ccccc2)c2ccccc2)cc1. The van der Waals surface area contributed by atoms with Crippen molar-refractivity contribution < 1.29 is 0 Å². The Hall–Kier alpha value is -7.70. The fourth-order valence-corrected chi connectivity index (χ4v) is 23.0. The summed E-state index contributed by atoms with van der Waals surface area (Å²) < 4.78 is 2.55. The second kappa shape index (κ2) is 13.9. The van der Waals surface area contributed by atoms with Crippen molar-refractivity contribution in [3.63, 3.8) is 0 Å². The maximum absolute atomic E-state index is 3.16. The first-order chi connectivity index (χ1) is 32.3. The van der Waals surface area contributed by atoms with Gasteiger partial charge in [0.15, 0.2) is 16.1 Å². The van der Waals surface area contributed by atoms with Crippen LogP contribution in [0.3, 0.4) is 0 Å². The number of rotatable bonds is 6. The number of aromatic nitrogens is 1. The first kappa shape index (κ1) is 36.7. The quantitative estimate of drug-likeness (QED) is 0.175. The molecule has 0 aliphatic carbocycles. The van der Waals surface area contributed by atoms with Crippen LogP contribution in [0.4, 0.5) is 17.1 Å². The molecule has 0 amide bonds. The molecule has 0 atom stereocenters. The number of hydrogen-bond acceptors (Lipinski definition) is 1. The molecule has 3 aliphatic heterocycles. The zero-order valence-electron chi connectivity index (χ0n) is 35.6. The first-order valence-electron chi connectivity index (χ1n) is 22.8. The van der Waals surface area contributed by atoms with Gasteiger partial charge in [0, 0.05) is 33.5 Å². The maximum atomic E-state index is 2.78. The van der Waals surface area contributed by atoms with Crippen LogP contribution in [0.1, 0.15) is 0 Å². The van der Waals surface area contributed by atoms with Crippen molar-refractivity contribution in [2.24, 2.45) is 0 Å². The van der Waals surface area contributed by atoms with Gasteiger partial charge in [0.2, 0.25) is 6.71 Å². The summed E-state index contributed by atoms with van der Waals surface area (Å²) >= 11 is 0. The summed E-state index contributed by atoms with van der Waals surface area (Å²) in [5, 5.41) is 14.0. The summed E-state index contributed by atoms with van der Waals surface area (Å²) in [6.07, 6.45) is 0. The van der Waals surface area contributed by atoms with E-state index in [4.69, 9.17) is 0 Å². The molecule has 0 bridgehead atoms. The summed E-state index contributed by atoms with van der Waals surface area (Å²) in [6, 6.07) is 95.5. The lowest BCUT2D eigenvalue weighted by atomic mass is 9.35. The molecular formula is C60H41BN2Si2. The minimum atomic E-state index is -3.16. The highest BCUT2D eigenvalue weighted by Gasteiger charge is 2.59. The van der Waals surface area contributed by atoms with E-state index >= 15 is 0 Å². The molecule has 0 saturated heterocycles. The van der Waals surface area contributed by atoms with Gasteiger partial charge in [0.1, 0.15) is 0 Å². The van der Waals surface area contributed by atoms with Crippen LogP contribution in [0.2, 0.25) is 0 Å².